The third kappa shape index (κ3) is 2.93. The summed E-state index contributed by atoms with van der Waals surface area (Å²) in [5.74, 6) is -0.398. The predicted molar refractivity (Wildman–Crippen MR) is 104 cm³/mol. The van der Waals surface area contributed by atoms with Crippen LogP contribution in [0.1, 0.15) is 12.0 Å². The molecule has 146 valence electrons. The second kappa shape index (κ2) is 6.75. The van der Waals surface area contributed by atoms with Gasteiger partial charge in [-0.1, -0.05) is 30.3 Å². The van der Waals surface area contributed by atoms with Gasteiger partial charge in [-0.3, -0.25) is 9.48 Å². The normalized spacial score (nSPS) is 22.5. The summed E-state index contributed by atoms with van der Waals surface area (Å²) < 4.78 is 1.60. The summed E-state index contributed by atoms with van der Waals surface area (Å²) in [7, 11) is 1.76. The number of aromatic nitrogens is 4. The van der Waals surface area contributed by atoms with E-state index in [1.54, 1.807) is 22.8 Å². The first kappa shape index (κ1) is 18.2. The Balaban J connectivity index is 1.72. The van der Waals surface area contributed by atoms with E-state index in [0.717, 1.165) is 5.56 Å². The van der Waals surface area contributed by atoms with E-state index in [9.17, 15) is 15.0 Å². The smallest absolute Gasteiger partial charge is 0.314 e. The number of aliphatic hydroxyl groups excluding tert-OH is 1. The third-order valence-electron chi connectivity index (χ3n) is 5.46. The standard InChI is InChI=1S/C19H22N6O3/c1-24-16-13(10-21-24)15(20)22-18(23-16)25-8-7-14(26)19(11-25,17(27)28)9-12-5-3-2-4-6-12/h2-6,10,14,26H,7-9,11H2,1H3,(H,27,28)(H2,20,22,23)/t14-,19-/m1/s1. The molecule has 1 fully saturated rings. The largest absolute Gasteiger partial charge is 0.481 e. The van der Waals surface area contributed by atoms with Crippen molar-refractivity contribution >= 4 is 28.8 Å². The van der Waals surface area contributed by atoms with Crippen molar-refractivity contribution in [2.24, 2.45) is 12.5 Å². The van der Waals surface area contributed by atoms with Crippen LogP contribution in [-0.4, -0.2) is 55.1 Å². The number of piperidine rings is 1. The second-order valence-electron chi connectivity index (χ2n) is 7.26. The average molecular weight is 382 g/mol. The fourth-order valence-corrected chi connectivity index (χ4v) is 3.84. The number of aliphatic hydroxyl groups is 1. The Morgan fingerprint density at radius 3 is 2.79 bits per heavy atom. The number of hydrogen-bond acceptors (Lipinski definition) is 7. The highest BCUT2D eigenvalue weighted by Crippen LogP contribution is 2.36. The molecule has 4 N–H and O–H groups in total. The van der Waals surface area contributed by atoms with Gasteiger partial charge in [0.25, 0.3) is 0 Å². The highest BCUT2D eigenvalue weighted by atomic mass is 16.4. The Kier molecular flexibility index (Phi) is 4.38. The van der Waals surface area contributed by atoms with Gasteiger partial charge in [0.1, 0.15) is 11.2 Å². The van der Waals surface area contributed by atoms with Crippen LogP contribution < -0.4 is 10.6 Å². The molecule has 9 heteroatoms. The Bertz CT molecular complexity index is 1020. The molecule has 0 bridgehead atoms. The minimum Gasteiger partial charge on any atom is -0.481 e. The number of rotatable bonds is 4. The first-order valence-corrected chi connectivity index (χ1v) is 9.06. The molecule has 2 aromatic heterocycles. The van der Waals surface area contributed by atoms with Gasteiger partial charge in [0, 0.05) is 20.1 Å². The van der Waals surface area contributed by atoms with Crippen molar-refractivity contribution in [2.75, 3.05) is 23.7 Å². The average Bonchev–Trinajstić information content (AvgIpc) is 3.06. The van der Waals surface area contributed by atoms with Gasteiger partial charge in [-0.25, -0.2) is 0 Å². The summed E-state index contributed by atoms with van der Waals surface area (Å²) in [6.45, 7) is 0.523. The van der Waals surface area contributed by atoms with Crippen LogP contribution in [0.4, 0.5) is 11.8 Å². The molecule has 28 heavy (non-hydrogen) atoms. The van der Waals surface area contributed by atoms with Crippen LogP contribution in [0.25, 0.3) is 11.0 Å². The molecule has 0 aliphatic carbocycles. The summed E-state index contributed by atoms with van der Waals surface area (Å²) in [6, 6.07) is 9.33. The predicted octanol–water partition coefficient (Wildman–Crippen LogP) is 0.830. The molecule has 1 aliphatic heterocycles. The highest BCUT2D eigenvalue weighted by Gasteiger charge is 2.49. The monoisotopic (exact) mass is 382 g/mol. The van der Waals surface area contributed by atoms with E-state index < -0.39 is 17.5 Å². The van der Waals surface area contributed by atoms with Gasteiger partial charge in [0.2, 0.25) is 5.95 Å². The molecule has 0 unspecified atom stereocenters. The van der Waals surface area contributed by atoms with Crippen LogP contribution in [0, 0.1) is 5.41 Å². The lowest BCUT2D eigenvalue weighted by atomic mass is 9.73. The van der Waals surface area contributed by atoms with E-state index in [4.69, 9.17) is 5.73 Å². The van der Waals surface area contributed by atoms with Gasteiger partial charge in [0.05, 0.1) is 17.7 Å². The number of nitrogen functional groups attached to an aromatic ring is 1. The molecule has 0 spiro atoms. The lowest BCUT2D eigenvalue weighted by molar-refractivity contribution is -0.157. The summed E-state index contributed by atoms with van der Waals surface area (Å²) in [5.41, 5.74) is 6.13. The van der Waals surface area contributed by atoms with Crippen molar-refractivity contribution in [1.82, 2.24) is 19.7 Å². The number of carboxylic acids is 1. The minimum atomic E-state index is -1.36. The molecule has 1 saturated heterocycles. The Morgan fingerprint density at radius 1 is 1.32 bits per heavy atom. The molecule has 3 heterocycles. The van der Waals surface area contributed by atoms with Crippen molar-refractivity contribution in [3.63, 3.8) is 0 Å². The van der Waals surface area contributed by atoms with Gasteiger partial charge < -0.3 is 20.8 Å². The first-order chi connectivity index (χ1) is 13.4. The second-order valence-corrected chi connectivity index (χ2v) is 7.26. The summed E-state index contributed by atoms with van der Waals surface area (Å²) in [6.07, 6.45) is 1.14. The molecule has 1 aromatic carbocycles. The van der Waals surface area contributed by atoms with Crippen molar-refractivity contribution in [3.8, 4) is 0 Å². The summed E-state index contributed by atoms with van der Waals surface area (Å²) >= 11 is 0. The van der Waals surface area contributed by atoms with E-state index in [0.29, 0.717) is 35.8 Å². The van der Waals surface area contributed by atoms with E-state index in [2.05, 4.69) is 15.1 Å². The van der Waals surface area contributed by atoms with Crippen LogP contribution in [0.5, 0.6) is 0 Å². The third-order valence-corrected chi connectivity index (χ3v) is 5.46. The van der Waals surface area contributed by atoms with Gasteiger partial charge in [-0.2, -0.15) is 15.1 Å². The zero-order valence-corrected chi connectivity index (χ0v) is 15.5. The number of aliphatic carboxylic acids is 1. The van der Waals surface area contributed by atoms with Crippen molar-refractivity contribution in [2.45, 2.75) is 18.9 Å². The van der Waals surface area contributed by atoms with Crippen LogP contribution in [-0.2, 0) is 18.3 Å². The van der Waals surface area contributed by atoms with Crippen molar-refractivity contribution in [3.05, 3.63) is 42.1 Å². The zero-order chi connectivity index (χ0) is 19.9. The number of nitrogens with zero attached hydrogens (tertiary/aromatic N) is 5. The number of fused-ring (bicyclic) bond motifs is 1. The SMILES string of the molecule is Cn1ncc2c(N)nc(N3CC[C@@H](O)[C@](Cc4ccccc4)(C(=O)O)C3)nc21. The topological polar surface area (TPSA) is 130 Å². The highest BCUT2D eigenvalue weighted by molar-refractivity contribution is 5.86. The first-order valence-electron chi connectivity index (χ1n) is 9.06. The summed E-state index contributed by atoms with van der Waals surface area (Å²) in [5, 5.41) is 25.5. The maximum atomic E-state index is 12.3. The molecular formula is C19H22N6O3. The van der Waals surface area contributed by atoms with Gasteiger partial charge in [0.15, 0.2) is 5.65 Å². The Morgan fingerprint density at radius 2 is 2.07 bits per heavy atom. The maximum absolute atomic E-state index is 12.3. The minimum absolute atomic E-state index is 0.0845. The van der Waals surface area contributed by atoms with E-state index >= 15 is 0 Å². The molecule has 4 rings (SSSR count). The van der Waals surface area contributed by atoms with E-state index in [-0.39, 0.29) is 13.0 Å². The number of carboxylic acid groups (broad SMARTS) is 1. The number of anilines is 2. The van der Waals surface area contributed by atoms with E-state index in [1.165, 1.54) is 0 Å². The zero-order valence-electron chi connectivity index (χ0n) is 15.5. The Labute approximate surface area is 161 Å². The molecule has 0 amide bonds. The van der Waals surface area contributed by atoms with Crippen molar-refractivity contribution in [1.29, 1.82) is 0 Å². The fraction of sp³-hybridized carbons (Fsp3) is 0.368. The van der Waals surface area contributed by atoms with Gasteiger partial charge in [-0.05, 0) is 18.4 Å². The van der Waals surface area contributed by atoms with Gasteiger partial charge in [-0.15, -0.1) is 0 Å². The van der Waals surface area contributed by atoms with Crippen LogP contribution in [0.15, 0.2) is 36.5 Å². The van der Waals surface area contributed by atoms with Crippen LogP contribution >= 0.6 is 0 Å². The quantitative estimate of drug-likeness (QED) is 0.605. The fourth-order valence-electron chi connectivity index (χ4n) is 3.84. The van der Waals surface area contributed by atoms with Crippen LogP contribution in [0.3, 0.4) is 0 Å². The lowest BCUT2D eigenvalue weighted by Crippen LogP contribution is -2.57. The van der Waals surface area contributed by atoms with Crippen LogP contribution in [0.2, 0.25) is 0 Å². The molecular weight excluding hydrogens is 360 g/mol. The molecule has 2 atom stereocenters. The molecule has 3 aromatic rings. The maximum Gasteiger partial charge on any atom is 0.314 e. The molecule has 1 aliphatic rings. The molecule has 0 radical (unpaired) electrons. The van der Waals surface area contributed by atoms with Crippen molar-refractivity contribution < 1.29 is 15.0 Å². The number of aryl methyl sites for hydroxylation is 1. The van der Waals surface area contributed by atoms with Gasteiger partial charge >= 0.3 is 5.97 Å². The molecule has 0 saturated carbocycles. The summed E-state index contributed by atoms with van der Waals surface area (Å²) in [4.78, 5) is 23.0. The number of hydrogen-bond donors (Lipinski definition) is 3. The lowest BCUT2D eigenvalue weighted by Gasteiger charge is -2.43. The number of nitrogens with two attached hydrogens (primary N) is 1. The number of carbonyl (C=O) groups is 1. The number of benzene rings is 1. The van der Waals surface area contributed by atoms with E-state index in [1.807, 2.05) is 30.3 Å². The Hall–Kier alpha value is -3.20. The molecule has 9 nitrogen and oxygen atoms in total.